The van der Waals surface area contributed by atoms with Gasteiger partial charge in [-0.25, -0.2) is 0 Å². The van der Waals surface area contributed by atoms with E-state index >= 15 is 0 Å². The van der Waals surface area contributed by atoms with E-state index in [0.717, 1.165) is 39.6 Å². The number of anilines is 1. The van der Waals surface area contributed by atoms with Gasteiger partial charge in [-0.3, -0.25) is 14.5 Å². The topological polar surface area (TPSA) is 53.9 Å². The van der Waals surface area contributed by atoms with Gasteiger partial charge < -0.3 is 10.2 Å². The molecular weight excluding hydrogens is 370 g/mol. The molecule has 0 bridgehead atoms. The smallest absolute Gasteiger partial charge is 0.282 e. The number of carbonyl (C=O) groups excluding carboxylic acids is 2. The van der Waals surface area contributed by atoms with Crippen molar-refractivity contribution in [1.29, 1.82) is 0 Å². The summed E-state index contributed by atoms with van der Waals surface area (Å²) < 4.78 is 0. The Morgan fingerprint density at radius 1 is 1.07 bits per heavy atom. The van der Waals surface area contributed by atoms with Gasteiger partial charge in [-0.15, -0.1) is 11.8 Å². The quantitative estimate of drug-likeness (QED) is 0.781. The highest BCUT2D eigenvalue weighted by atomic mass is 32.2. The molecule has 1 unspecified atom stereocenters. The number of likely N-dealkylation sites (N-methyl/N-ethyl adjacent to an activating group) is 1. The molecular formula is C22H26N3O2S+. The molecule has 4 rings (SSSR count). The molecule has 0 spiro atoms. The minimum absolute atomic E-state index is 0.00157. The van der Waals surface area contributed by atoms with Gasteiger partial charge >= 0.3 is 0 Å². The minimum Gasteiger partial charge on any atom is -0.348 e. The summed E-state index contributed by atoms with van der Waals surface area (Å²) >= 11 is 1.79. The summed E-state index contributed by atoms with van der Waals surface area (Å²) in [7, 11) is 1.91. The van der Waals surface area contributed by atoms with Crippen molar-refractivity contribution in [3.05, 3.63) is 60.2 Å². The van der Waals surface area contributed by atoms with E-state index in [2.05, 4.69) is 23.5 Å². The maximum Gasteiger partial charge on any atom is 0.282 e. The fourth-order valence-corrected chi connectivity index (χ4v) is 4.77. The van der Waals surface area contributed by atoms with E-state index in [-0.39, 0.29) is 17.9 Å². The van der Waals surface area contributed by atoms with Crippen LogP contribution in [0.3, 0.4) is 0 Å². The van der Waals surface area contributed by atoms with Crippen molar-refractivity contribution in [2.24, 2.45) is 0 Å². The highest BCUT2D eigenvalue weighted by molar-refractivity contribution is 7.99. The number of nitrogens with one attached hydrogen (secondary N) is 2. The van der Waals surface area contributed by atoms with E-state index < -0.39 is 0 Å². The molecule has 1 saturated carbocycles. The molecule has 0 aromatic heterocycles. The Hall–Kier alpha value is -2.31. The lowest BCUT2D eigenvalue weighted by atomic mass is 10.1. The third-order valence-electron chi connectivity index (χ3n) is 5.14. The van der Waals surface area contributed by atoms with Crippen LogP contribution in [0, 0.1) is 0 Å². The Morgan fingerprint density at radius 2 is 1.79 bits per heavy atom. The van der Waals surface area contributed by atoms with Crippen LogP contribution in [0.2, 0.25) is 0 Å². The highest BCUT2D eigenvalue weighted by Crippen LogP contribution is 2.42. The zero-order valence-corrected chi connectivity index (χ0v) is 16.9. The predicted molar refractivity (Wildman–Crippen MR) is 112 cm³/mol. The number of rotatable bonds is 6. The van der Waals surface area contributed by atoms with Crippen LogP contribution in [0.5, 0.6) is 0 Å². The first kappa shape index (κ1) is 19.0. The van der Waals surface area contributed by atoms with Crippen molar-refractivity contribution in [2.45, 2.75) is 29.8 Å². The van der Waals surface area contributed by atoms with E-state index in [9.17, 15) is 9.59 Å². The third-order valence-corrected chi connectivity index (χ3v) is 6.28. The second kappa shape index (κ2) is 8.37. The summed E-state index contributed by atoms with van der Waals surface area (Å²) in [6.07, 6.45) is 2.15. The standard InChI is InChI=1S/C22H25N3O2S/c1-24(13-21(26)23-17-11-12-17)14-22(27)25-18-9-5-6-10-20(18)28-15-19(25)16-7-3-2-4-8-16/h2-10,17,19H,11-15H2,1H3,(H,23,26)/p+1/t19-/m1/s1. The molecule has 2 atom stereocenters. The lowest BCUT2D eigenvalue weighted by molar-refractivity contribution is -0.862. The molecule has 0 radical (unpaired) electrons. The van der Waals surface area contributed by atoms with E-state index in [1.54, 1.807) is 11.8 Å². The van der Waals surface area contributed by atoms with Crippen molar-refractivity contribution in [3.8, 4) is 0 Å². The summed E-state index contributed by atoms with van der Waals surface area (Å²) in [6.45, 7) is 0.614. The van der Waals surface area contributed by atoms with Crippen LogP contribution in [0.15, 0.2) is 59.5 Å². The fourth-order valence-electron chi connectivity index (χ4n) is 3.60. The number of hydrogen-bond acceptors (Lipinski definition) is 3. The molecule has 2 aliphatic rings. The second-order valence-electron chi connectivity index (χ2n) is 7.62. The normalized spacial score (nSPS) is 19.6. The summed E-state index contributed by atoms with van der Waals surface area (Å²) in [4.78, 5) is 29.4. The van der Waals surface area contributed by atoms with Gasteiger partial charge in [0, 0.05) is 16.7 Å². The summed E-state index contributed by atoms with van der Waals surface area (Å²) in [5.41, 5.74) is 2.11. The van der Waals surface area contributed by atoms with Gasteiger partial charge in [0.25, 0.3) is 11.8 Å². The monoisotopic (exact) mass is 396 g/mol. The molecule has 1 fully saturated rings. The highest BCUT2D eigenvalue weighted by Gasteiger charge is 2.34. The Morgan fingerprint density at radius 3 is 2.54 bits per heavy atom. The zero-order chi connectivity index (χ0) is 19.5. The number of benzene rings is 2. The van der Waals surface area contributed by atoms with Crippen LogP contribution in [-0.4, -0.2) is 43.7 Å². The average Bonchev–Trinajstić information content (AvgIpc) is 3.51. The largest absolute Gasteiger partial charge is 0.348 e. The van der Waals surface area contributed by atoms with Crippen LogP contribution in [0.4, 0.5) is 5.69 Å². The first-order chi connectivity index (χ1) is 13.6. The second-order valence-corrected chi connectivity index (χ2v) is 8.68. The predicted octanol–water partition coefficient (Wildman–Crippen LogP) is 1.66. The van der Waals surface area contributed by atoms with Gasteiger partial charge in [-0.05, 0) is 30.5 Å². The SMILES string of the molecule is C[NH+](CC(=O)NC1CC1)CC(=O)N1c2ccccc2SC[C@@H]1c1ccccc1. The number of para-hydroxylation sites is 1. The van der Waals surface area contributed by atoms with E-state index in [4.69, 9.17) is 0 Å². The molecule has 2 amide bonds. The molecule has 5 nitrogen and oxygen atoms in total. The molecule has 1 heterocycles. The Kier molecular flexibility index (Phi) is 5.69. The number of fused-ring (bicyclic) bond motifs is 1. The third kappa shape index (κ3) is 4.39. The number of carbonyl (C=O) groups is 2. The molecule has 2 aromatic rings. The van der Waals surface area contributed by atoms with Crippen LogP contribution >= 0.6 is 11.8 Å². The minimum atomic E-state index is 0.00157. The van der Waals surface area contributed by atoms with Gasteiger partial charge in [0.05, 0.1) is 18.8 Å². The van der Waals surface area contributed by atoms with Crippen LogP contribution in [0.1, 0.15) is 24.4 Å². The van der Waals surface area contributed by atoms with Crippen molar-refractivity contribution < 1.29 is 14.5 Å². The lowest BCUT2D eigenvalue weighted by Crippen LogP contribution is -3.11. The van der Waals surface area contributed by atoms with Crippen molar-refractivity contribution in [2.75, 3.05) is 30.8 Å². The van der Waals surface area contributed by atoms with Crippen LogP contribution < -0.4 is 15.1 Å². The number of hydrogen-bond donors (Lipinski definition) is 2. The Labute approximate surface area is 170 Å². The molecule has 2 aromatic carbocycles. The fraction of sp³-hybridized carbons (Fsp3) is 0.364. The lowest BCUT2D eigenvalue weighted by Gasteiger charge is -2.37. The maximum atomic E-state index is 13.3. The van der Waals surface area contributed by atoms with Gasteiger partial charge in [-0.2, -0.15) is 0 Å². The number of nitrogens with zero attached hydrogens (tertiary/aromatic N) is 1. The Bertz CT molecular complexity index is 854. The van der Waals surface area contributed by atoms with Gasteiger partial charge in [-0.1, -0.05) is 42.5 Å². The molecule has 1 aliphatic carbocycles. The molecule has 6 heteroatoms. The van der Waals surface area contributed by atoms with Gasteiger partial charge in [0.15, 0.2) is 13.1 Å². The summed E-state index contributed by atoms with van der Waals surface area (Å²) in [6, 6.07) is 18.6. The molecule has 146 valence electrons. The number of thioether (sulfide) groups is 1. The average molecular weight is 397 g/mol. The van der Waals surface area contributed by atoms with Crippen molar-refractivity contribution in [1.82, 2.24) is 5.32 Å². The zero-order valence-electron chi connectivity index (χ0n) is 16.1. The van der Waals surface area contributed by atoms with Crippen molar-refractivity contribution in [3.63, 3.8) is 0 Å². The molecule has 28 heavy (non-hydrogen) atoms. The first-order valence-corrected chi connectivity index (χ1v) is 10.8. The molecule has 2 N–H and O–H groups in total. The molecule has 1 aliphatic heterocycles. The number of quaternary nitrogens is 1. The van der Waals surface area contributed by atoms with Gasteiger partial charge in [0.2, 0.25) is 0 Å². The summed E-state index contributed by atoms with van der Waals surface area (Å²) in [5, 5.41) is 3.00. The summed E-state index contributed by atoms with van der Waals surface area (Å²) in [5.74, 6) is 0.911. The van der Waals surface area contributed by atoms with Crippen molar-refractivity contribution >= 4 is 29.3 Å². The first-order valence-electron chi connectivity index (χ1n) is 9.81. The van der Waals surface area contributed by atoms with Crippen LogP contribution in [-0.2, 0) is 9.59 Å². The van der Waals surface area contributed by atoms with E-state index in [1.165, 1.54) is 0 Å². The molecule has 0 saturated heterocycles. The van der Waals surface area contributed by atoms with Crippen LogP contribution in [0.25, 0.3) is 0 Å². The van der Waals surface area contributed by atoms with E-state index in [0.29, 0.717) is 19.1 Å². The van der Waals surface area contributed by atoms with E-state index in [1.807, 2.05) is 48.3 Å². The maximum absolute atomic E-state index is 13.3. The number of amides is 2. The Balaban J connectivity index is 1.52. The van der Waals surface area contributed by atoms with Gasteiger partial charge in [0.1, 0.15) is 0 Å².